The zero-order valence-electron chi connectivity index (χ0n) is 21.6. The van der Waals surface area contributed by atoms with Crippen LogP contribution in [0.2, 0.25) is 0 Å². The van der Waals surface area contributed by atoms with Gasteiger partial charge in [0.15, 0.2) is 23.0 Å². The lowest BCUT2D eigenvalue weighted by molar-refractivity contribution is -0.112. The molecule has 0 unspecified atom stereocenters. The second kappa shape index (κ2) is 13.1. The molecule has 0 aliphatic heterocycles. The highest BCUT2D eigenvalue weighted by molar-refractivity contribution is 7.18. The highest BCUT2D eigenvalue weighted by Gasteiger charge is 2.15. The molecule has 0 fully saturated rings. The van der Waals surface area contributed by atoms with E-state index in [4.69, 9.17) is 18.9 Å². The van der Waals surface area contributed by atoms with Gasteiger partial charge in [-0.3, -0.25) is 10.1 Å². The summed E-state index contributed by atoms with van der Waals surface area (Å²) in [6.45, 7) is 2.54. The summed E-state index contributed by atoms with van der Waals surface area (Å²) in [5.74, 6) is 1.63. The Morgan fingerprint density at radius 3 is 2.28 bits per heavy atom. The molecule has 0 saturated carbocycles. The zero-order valence-corrected chi connectivity index (χ0v) is 22.5. The van der Waals surface area contributed by atoms with Crippen LogP contribution in [0.15, 0.2) is 72.3 Å². The Kier molecular flexibility index (Phi) is 9.11. The Balaban J connectivity index is 1.39. The summed E-state index contributed by atoms with van der Waals surface area (Å²) in [5.41, 5.74) is 2.49. The topological polar surface area (TPSA) is 116 Å². The molecule has 10 heteroatoms. The van der Waals surface area contributed by atoms with Gasteiger partial charge in [0, 0.05) is 5.56 Å². The molecule has 0 bridgehead atoms. The number of nitrogens with one attached hydrogen (secondary N) is 1. The predicted molar refractivity (Wildman–Crippen MR) is 149 cm³/mol. The van der Waals surface area contributed by atoms with Gasteiger partial charge in [0.05, 0.1) is 14.2 Å². The maximum Gasteiger partial charge on any atom is 0.268 e. The lowest BCUT2D eigenvalue weighted by Crippen LogP contribution is -2.13. The molecule has 9 nitrogen and oxygen atoms in total. The Morgan fingerprint density at radius 1 is 0.923 bits per heavy atom. The summed E-state index contributed by atoms with van der Waals surface area (Å²) in [5, 5.41) is 21.5. The van der Waals surface area contributed by atoms with E-state index in [2.05, 4.69) is 15.5 Å². The van der Waals surface area contributed by atoms with Crippen molar-refractivity contribution in [1.82, 2.24) is 10.2 Å². The number of aromatic nitrogens is 2. The number of anilines is 1. The monoisotopic (exact) mass is 542 g/mol. The van der Waals surface area contributed by atoms with Crippen LogP contribution in [0.1, 0.15) is 11.1 Å². The van der Waals surface area contributed by atoms with Crippen LogP contribution in [0.25, 0.3) is 16.6 Å². The molecule has 0 aliphatic rings. The Bertz CT molecular complexity index is 1530. The maximum atomic E-state index is 12.8. The van der Waals surface area contributed by atoms with Gasteiger partial charge in [0.25, 0.3) is 5.91 Å². The second-order valence-electron chi connectivity index (χ2n) is 8.11. The predicted octanol–water partition coefficient (Wildman–Crippen LogP) is 5.53. The van der Waals surface area contributed by atoms with Crippen molar-refractivity contribution in [3.05, 3.63) is 83.4 Å². The SMILES string of the molecule is COc1ccccc1OCCOc1ccc(C=C(C#N)C(=O)Nc2nnc(-c3ccccc3C)s2)cc1OC. The van der Waals surface area contributed by atoms with E-state index in [-0.39, 0.29) is 12.2 Å². The van der Waals surface area contributed by atoms with Gasteiger partial charge in [-0.25, -0.2) is 0 Å². The average Bonchev–Trinajstić information content (AvgIpc) is 3.42. The molecule has 4 aromatic rings. The van der Waals surface area contributed by atoms with Gasteiger partial charge in [-0.05, 0) is 48.4 Å². The standard InChI is InChI=1S/C29H26N4O5S/c1-19-8-4-5-9-22(19)28-32-33-29(39-28)31-27(34)21(18-30)16-20-12-13-25(26(17-20)36-3)38-15-14-37-24-11-7-6-10-23(24)35-2/h4-13,16-17H,14-15H2,1-3H3,(H,31,33,34). The van der Waals surface area contributed by atoms with Crippen molar-refractivity contribution >= 4 is 28.5 Å². The molecule has 3 aromatic carbocycles. The zero-order chi connectivity index (χ0) is 27.6. The lowest BCUT2D eigenvalue weighted by Gasteiger charge is -2.13. The molecule has 39 heavy (non-hydrogen) atoms. The molecule has 1 heterocycles. The molecular formula is C29H26N4O5S. The van der Waals surface area contributed by atoms with Crippen LogP contribution < -0.4 is 24.3 Å². The van der Waals surface area contributed by atoms with E-state index < -0.39 is 5.91 Å². The van der Waals surface area contributed by atoms with Gasteiger partial charge < -0.3 is 18.9 Å². The second-order valence-corrected chi connectivity index (χ2v) is 9.09. The van der Waals surface area contributed by atoms with Gasteiger partial charge in [0.2, 0.25) is 5.13 Å². The van der Waals surface area contributed by atoms with Gasteiger partial charge in [0.1, 0.15) is 29.9 Å². The maximum absolute atomic E-state index is 12.8. The molecule has 0 spiro atoms. The fourth-order valence-electron chi connectivity index (χ4n) is 3.61. The minimum Gasteiger partial charge on any atom is -0.493 e. The van der Waals surface area contributed by atoms with Crippen molar-refractivity contribution in [2.45, 2.75) is 6.92 Å². The largest absolute Gasteiger partial charge is 0.493 e. The molecule has 1 aromatic heterocycles. The first-order valence-electron chi connectivity index (χ1n) is 11.9. The van der Waals surface area contributed by atoms with Crippen LogP contribution in [0.5, 0.6) is 23.0 Å². The first-order valence-corrected chi connectivity index (χ1v) is 12.7. The van der Waals surface area contributed by atoms with Gasteiger partial charge in [-0.1, -0.05) is 53.8 Å². The van der Waals surface area contributed by atoms with Crippen molar-refractivity contribution in [2.75, 3.05) is 32.8 Å². The minimum atomic E-state index is -0.585. The number of carbonyl (C=O) groups is 1. The molecule has 4 rings (SSSR count). The van der Waals surface area contributed by atoms with Crippen LogP contribution in [0.3, 0.4) is 0 Å². The van der Waals surface area contributed by atoms with Crippen LogP contribution in [-0.2, 0) is 4.79 Å². The normalized spacial score (nSPS) is 10.9. The number of hydrogen-bond acceptors (Lipinski definition) is 9. The molecule has 0 aliphatic carbocycles. The molecule has 1 N–H and O–H groups in total. The Hall–Kier alpha value is -4.88. The number of aryl methyl sites for hydroxylation is 1. The van der Waals surface area contributed by atoms with Crippen molar-refractivity contribution in [1.29, 1.82) is 5.26 Å². The molecule has 0 atom stereocenters. The van der Waals surface area contributed by atoms with Crippen molar-refractivity contribution in [3.8, 4) is 39.6 Å². The van der Waals surface area contributed by atoms with E-state index in [1.807, 2.05) is 61.5 Å². The number of methoxy groups -OCH3 is 2. The Morgan fingerprint density at radius 2 is 1.59 bits per heavy atom. The number of hydrogen-bond donors (Lipinski definition) is 1. The number of ether oxygens (including phenoxy) is 4. The van der Waals surface area contributed by atoms with Crippen LogP contribution in [0, 0.1) is 18.3 Å². The summed E-state index contributed by atoms with van der Waals surface area (Å²) >= 11 is 1.24. The third-order valence-corrected chi connectivity index (χ3v) is 6.42. The first kappa shape index (κ1) is 27.2. The highest BCUT2D eigenvalue weighted by Crippen LogP contribution is 2.31. The number of benzene rings is 3. The lowest BCUT2D eigenvalue weighted by atomic mass is 10.1. The number of para-hydroxylation sites is 2. The van der Waals surface area contributed by atoms with E-state index in [1.165, 1.54) is 24.5 Å². The number of carbonyl (C=O) groups excluding carboxylic acids is 1. The van der Waals surface area contributed by atoms with E-state index in [0.717, 1.165) is 11.1 Å². The molecule has 0 saturated heterocycles. The Labute approximate surface area is 230 Å². The van der Waals surface area contributed by atoms with E-state index in [0.29, 0.717) is 45.3 Å². The molecule has 0 radical (unpaired) electrons. The summed E-state index contributed by atoms with van der Waals surface area (Å²) in [6, 6.07) is 22.2. The van der Waals surface area contributed by atoms with E-state index in [9.17, 15) is 10.1 Å². The van der Waals surface area contributed by atoms with Crippen molar-refractivity contribution in [2.24, 2.45) is 0 Å². The number of nitriles is 1. The molecule has 198 valence electrons. The van der Waals surface area contributed by atoms with Gasteiger partial charge in [-0.15, -0.1) is 10.2 Å². The van der Waals surface area contributed by atoms with Crippen LogP contribution in [-0.4, -0.2) is 43.5 Å². The summed E-state index contributed by atoms with van der Waals surface area (Å²) in [4.78, 5) is 12.8. The third-order valence-electron chi connectivity index (χ3n) is 5.55. The fraction of sp³-hybridized carbons (Fsp3) is 0.172. The van der Waals surface area contributed by atoms with Gasteiger partial charge in [-0.2, -0.15) is 5.26 Å². The summed E-state index contributed by atoms with van der Waals surface area (Å²) < 4.78 is 22.3. The van der Waals surface area contributed by atoms with Crippen molar-refractivity contribution in [3.63, 3.8) is 0 Å². The quantitative estimate of drug-likeness (QED) is 0.149. The summed E-state index contributed by atoms with van der Waals surface area (Å²) in [6.07, 6.45) is 1.47. The van der Waals surface area contributed by atoms with E-state index in [1.54, 1.807) is 25.3 Å². The first-order chi connectivity index (χ1) is 19.0. The minimum absolute atomic E-state index is 0.0939. The third kappa shape index (κ3) is 6.91. The average molecular weight is 543 g/mol. The molecule has 1 amide bonds. The smallest absolute Gasteiger partial charge is 0.268 e. The number of amides is 1. The van der Waals surface area contributed by atoms with E-state index >= 15 is 0 Å². The number of nitrogens with zero attached hydrogens (tertiary/aromatic N) is 3. The van der Waals surface area contributed by atoms with Crippen LogP contribution in [0.4, 0.5) is 5.13 Å². The summed E-state index contributed by atoms with van der Waals surface area (Å²) in [7, 11) is 3.10. The number of rotatable bonds is 11. The highest BCUT2D eigenvalue weighted by atomic mass is 32.1. The van der Waals surface area contributed by atoms with Crippen molar-refractivity contribution < 1.29 is 23.7 Å². The fourth-order valence-corrected chi connectivity index (χ4v) is 4.44. The van der Waals surface area contributed by atoms with Crippen LogP contribution >= 0.6 is 11.3 Å². The molecular weight excluding hydrogens is 516 g/mol. The van der Waals surface area contributed by atoms with Gasteiger partial charge >= 0.3 is 0 Å².